The molecule has 0 saturated heterocycles. The van der Waals surface area contributed by atoms with Crippen LogP contribution in [-0.4, -0.2) is 21.0 Å². The number of H-pyrrole nitrogens is 1. The van der Waals surface area contributed by atoms with Crippen molar-refractivity contribution in [2.45, 2.75) is 0 Å². The van der Waals surface area contributed by atoms with E-state index in [2.05, 4.69) is 9.97 Å². The zero-order valence-corrected chi connectivity index (χ0v) is 7.52. The summed E-state index contributed by atoms with van der Waals surface area (Å²) in [5.74, 6) is -1.40. The van der Waals surface area contributed by atoms with E-state index in [0.717, 1.165) is 0 Å². The molecule has 0 spiro atoms. The molecule has 0 radical (unpaired) electrons. The maximum Gasteiger partial charge on any atom is 0.341 e. The number of hydrogen-bond donors (Lipinski definition) is 3. The van der Waals surface area contributed by atoms with Gasteiger partial charge in [-0.3, -0.25) is 9.78 Å². The van der Waals surface area contributed by atoms with Crippen LogP contribution in [0.1, 0.15) is 10.4 Å². The molecule has 0 atom stereocenters. The second-order valence-electron chi connectivity index (χ2n) is 2.95. The lowest BCUT2D eigenvalue weighted by Crippen LogP contribution is -2.15. The van der Waals surface area contributed by atoms with Crippen molar-refractivity contribution in [3.63, 3.8) is 0 Å². The van der Waals surface area contributed by atoms with Gasteiger partial charge in [0.1, 0.15) is 11.4 Å². The van der Waals surface area contributed by atoms with Crippen molar-refractivity contribution in [2.24, 2.45) is 0 Å². The fourth-order valence-corrected chi connectivity index (χ4v) is 1.38. The Morgan fingerprint density at radius 1 is 1.53 bits per heavy atom. The quantitative estimate of drug-likeness (QED) is 0.616. The summed E-state index contributed by atoms with van der Waals surface area (Å²) < 4.78 is 0. The smallest absolute Gasteiger partial charge is 0.341 e. The van der Waals surface area contributed by atoms with Crippen LogP contribution in [0.15, 0.2) is 23.1 Å². The Morgan fingerprint density at radius 3 is 2.93 bits per heavy atom. The van der Waals surface area contributed by atoms with E-state index in [1.54, 1.807) is 6.07 Å². The Balaban J connectivity index is 3.03. The fourth-order valence-electron chi connectivity index (χ4n) is 1.38. The Hall–Kier alpha value is -2.37. The number of aromatic carboxylic acids is 1. The van der Waals surface area contributed by atoms with Crippen molar-refractivity contribution in [1.29, 1.82) is 0 Å². The van der Waals surface area contributed by atoms with Gasteiger partial charge in [0.05, 0.1) is 10.9 Å². The predicted molar refractivity (Wildman–Crippen MR) is 53.7 cm³/mol. The Kier molecular flexibility index (Phi) is 1.89. The second-order valence-corrected chi connectivity index (χ2v) is 2.95. The molecule has 2 heterocycles. The number of aromatic nitrogens is 2. The van der Waals surface area contributed by atoms with Crippen molar-refractivity contribution in [2.75, 3.05) is 5.73 Å². The summed E-state index contributed by atoms with van der Waals surface area (Å²) in [7, 11) is 0. The van der Waals surface area contributed by atoms with E-state index in [9.17, 15) is 9.59 Å². The summed E-state index contributed by atoms with van der Waals surface area (Å²) in [6.07, 6.45) is 1.41. The summed E-state index contributed by atoms with van der Waals surface area (Å²) in [5.41, 5.74) is 4.90. The molecule has 0 bridgehead atoms. The molecule has 0 aliphatic rings. The molecule has 15 heavy (non-hydrogen) atoms. The number of nitrogen functional groups attached to an aromatic ring is 1. The van der Waals surface area contributed by atoms with E-state index in [-0.39, 0.29) is 22.3 Å². The Labute approximate surface area is 83.4 Å². The van der Waals surface area contributed by atoms with Crippen LogP contribution in [0.5, 0.6) is 0 Å². The standard InChI is InChI=1S/C9H7N3O3/c10-7-5(9(14)15)6-4(8(13)12-7)2-1-3-11-6/h1-3H,(H,14,15)(H3,10,12,13). The number of fused-ring (bicyclic) bond motifs is 1. The lowest BCUT2D eigenvalue weighted by atomic mass is 10.1. The molecule has 2 aromatic rings. The van der Waals surface area contributed by atoms with Crippen LogP contribution in [0, 0.1) is 0 Å². The molecule has 2 rings (SSSR count). The molecule has 6 nitrogen and oxygen atoms in total. The van der Waals surface area contributed by atoms with Crippen LogP contribution in [0.3, 0.4) is 0 Å². The third-order valence-electron chi connectivity index (χ3n) is 2.02. The van der Waals surface area contributed by atoms with Gasteiger partial charge in [-0.1, -0.05) is 0 Å². The van der Waals surface area contributed by atoms with Gasteiger partial charge in [-0.15, -0.1) is 0 Å². The van der Waals surface area contributed by atoms with E-state index in [1.807, 2.05) is 0 Å². The lowest BCUT2D eigenvalue weighted by molar-refractivity contribution is 0.0699. The highest BCUT2D eigenvalue weighted by Crippen LogP contribution is 2.16. The average molecular weight is 205 g/mol. The van der Waals surface area contributed by atoms with Gasteiger partial charge in [-0.05, 0) is 12.1 Å². The third kappa shape index (κ3) is 1.32. The summed E-state index contributed by atoms with van der Waals surface area (Å²) in [6, 6.07) is 3.05. The van der Waals surface area contributed by atoms with Gasteiger partial charge in [-0.25, -0.2) is 4.79 Å². The van der Waals surface area contributed by atoms with Gasteiger partial charge in [0.15, 0.2) is 0 Å². The predicted octanol–water partition coefficient (Wildman–Crippen LogP) is 0.203. The largest absolute Gasteiger partial charge is 0.477 e. The van der Waals surface area contributed by atoms with Crippen molar-refractivity contribution >= 4 is 22.7 Å². The number of hydrogen-bond acceptors (Lipinski definition) is 4. The minimum absolute atomic E-state index is 0.103. The zero-order valence-electron chi connectivity index (χ0n) is 7.52. The van der Waals surface area contributed by atoms with Crippen molar-refractivity contribution in [3.05, 3.63) is 34.2 Å². The molecule has 2 aromatic heterocycles. The first kappa shape index (κ1) is 9.20. The maximum atomic E-state index is 11.4. The number of carboxylic acid groups (broad SMARTS) is 1. The van der Waals surface area contributed by atoms with Crippen molar-refractivity contribution < 1.29 is 9.90 Å². The van der Waals surface area contributed by atoms with Gasteiger partial charge in [0.2, 0.25) is 0 Å². The number of pyridine rings is 2. The number of aromatic amines is 1. The number of nitrogens with two attached hydrogens (primary N) is 1. The highest BCUT2D eigenvalue weighted by Gasteiger charge is 2.16. The van der Waals surface area contributed by atoms with Gasteiger partial charge < -0.3 is 15.8 Å². The molecule has 76 valence electrons. The SMILES string of the molecule is Nc1[nH]c(=O)c2cccnc2c1C(=O)O. The van der Waals surface area contributed by atoms with Crippen LogP contribution < -0.4 is 11.3 Å². The minimum atomic E-state index is -1.22. The molecule has 0 aliphatic carbocycles. The van der Waals surface area contributed by atoms with Crippen LogP contribution in [0.2, 0.25) is 0 Å². The third-order valence-corrected chi connectivity index (χ3v) is 2.02. The number of nitrogens with one attached hydrogen (secondary N) is 1. The normalized spacial score (nSPS) is 10.4. The molecule has 0 fully saturated rings. The molecule has 0 aliphatic heterocycles. The van der Waals surface area contributed by atoms with Crippen molar-refractivity contribution in [3.8, 4) is 0 Å². The second kappa shape index (κ2) is 3.09. The Bertz CT molecular complexity index is 603. The first-order chi connectivity index (χ1) is 7.11. The monoisotopic (exact) mass is 205 g/mol. The summed E-state index contributed by atoms with van der Waals surface area (Å²) >= 11 is 0. The minimum Gasteiger partial charge on any atom is -0.477 e. The summed E-state index contributed by atoms with van der Waals surface area (Å²) in [5, 5.41) is 9.12. The highest BCUT2D eigenvalue weighted by atomic mass is 16.4. The van der Waals surface area contributed by atoms with Gasteiger partial charge in [-0.2, -0.15) is 0 Å². The van der Waals surface area contributed by atoms with Crippen LogP contribution in [0.25, 0.3) is 10.9 Å². The van der Waals surface area contributed by atoms with Crippen LogP contribution in [0.4, 0.5) is 5.82 Å². The van der Waals surface area contributed by atoms with Gasteiger partial charge in [0, 0.05) is 6.20 Å². The number of nitrogens with zero attached hydrogens (tertiary/aromatic N) is 1. The van der Waals surface area contributed by atoms with E-state index in [4.69, 9.17) is 10.8 Å². The van der Waals surface area contributed by atoms with Crippen molar-refractivity contribution in [1.82, 2.24) is 9.97 Å². The molecule has 0 amide bonds. The first-order valence-corrected chi connectivity index (χ1v) is 4.11. The molecule has 0 saturated carbocycles. The maximum absolute atomic E-state index is 11.4. The van der Waals surface area contributed by atoms with Gasteiger partial charge in [0.25, 0.3) is 5.56 Å². The molecule has 6 heteroatoms. The molecule has 0 unspecified atom stereocenters. The number of carboxylic acids is 1. The Morgan fingerprint density at radius 2 is 2.27 bits per heavy atom. The highest BCUT2D eigenvalue weighted by molar-refractivity contribution is 6.05. The molecular weight excluding hydrogens is 198 g/mol. The summed E-state index contributed by atoms with van der Waals surface area (Å²) in [4.78, 5) is 28.4. The average Bonchev–Trinajstić information content (AvgIpc) is 2.17. The van der Waals surface area contributed by atoms with E-state index >= 15 is 0 Å². The van der Waals surface area contributed by atoms with Gasteiger partial charge >= 0.3 is 5.97 Å². The van der Waals surface area contributed by atoms with E-state index in [0.29, 0.717) is 0 Å². The van der Waals surface area contributed by atoms with Crippen LogP contribution >= 0.6 is 0 Å². The molecular formula is C9H7N3O3. The topological polar surface area (TPSA) is 109 Å². The number of carbonyl (C=O) groups is 1. The van der Waals surface area contributed by atoms with Crippen LogP contribution in [-0.2, 0) is 0 Å². The number of anilines is 1. The molecule has 4 N–H and O–H groups in total. The molecule has 0 aromatic carbocycles. The summed E-state index contributed by atoms with van der Waals surface area (Å²) in [6.45, 7) is 0. The van der Waals surface area contributed by atoms with E-state index < -0.39 is 11.5 Å². The zero-order chi connectivity index (χ0) is 11.0. The fraction of sp³-hybridized carbons (Fsp3) is 0. The lowest BCUT2D eigenvalue weighted by Gasteiger charge is -2.03. The first-order valence-electron chi connectivity index (χ1n) is 4.11. The number of rotatable bonds is 1. The van der Waals surface area contributed by atoms with E-state index in [1.165, 1.54) is 12.3 Å².